The molecular formula is C27H37F3N4O6. The van der Waals surface area contributed by atoms with Crippen molar-refractivity contribution in [3.63, 3.8) is 0 Å². The molecule has 222 valence electrons. The number of likely N-dealkylation sites (tertiary alicyclic amines) is 1. The Kier molecular flexibility index (Phi) is 11.1. The van der Waals surface area contributed by atoms with Gasteiger partial charge in [0.25, 0.3) is 11.8 Å². The Bertz CT molecular complexity index is 1090. The number of methoxy groups -OCH3 is 1. The number of halogens is 3. The maximum atomic E-state index is 13.9. The van der Waals surface area contributed by atoms with E-state index in [1.54, 1.807) is 44.2 Å². The van der Waals surface area contributed by atoms with Gasteiger partial charge in [-0.05, 0) is 31.2 Å². The van der Waals surface area contributed by atoms with E-state index in [2.05, 4.69) is 15.0 Å². The van der Waals surface area contributed by atoms with Crippen LogP contribution in [0.25, 0.3) is 0 Å². The molecule has 0 spiro atoms. The van der Waals surface area contributed by atoms with E-state index >= 15 is 0 Å². The smallest absolute Gasteiger partial charge is 0.468 e. The molecule has 0 aliphatic carbocycles. The van der Waals surface area contributed by atoms with Crippen molar-refractivity contribution in [3.8, 4) is 0 Å². The number of hydrogen-bond donors (Lipinski definition) is 2. The molecule has 40 heavy (non-hydrogen) atoms. The number of alkyl halides is 3. The molecule has 1 aliphatic heterocycles. The Labute approximate surface area is 231 Å². The molecule has 2 N–H and O–H groups in total. The second-order valence-corrected chi connectivity index (χ2v) is 10.4. The normalized spacial score (nSPS) is 17.1. The Morgan fingerprint density at radius 2 is 1.70 bits per heavy atom. The lowest BCUT2D eigenvalue weighted by atomic mass is 9.90. The Balaban J connectivity index is 2.44. The average molecular weight is 571 g/mol. The first-order valence-electron chi connectivity index (χ1n) is 12.9. The minimum absolute atomic E-state index is 0.235. The number of nitrogens with one attached hydrogen (secondary N) is 1. The lowest BCUT2D eigenvalue weighted by Crippen LogP contribution is -2.59. The van der Waals surface area contributed by atoms with Gasteiger partial charge < -0.3 is 25.0 Å². The largest absolute Gasteiger partial charge is 0.481 e. The summed E-state index contributed by atoms with van der Waals surface area (Å²) in [6.45, 7) is 5.34. The highest BCUT2D eigenvalue weighted by molar-refractivity contribution is 5.96. The summed E-state index contributed by atoms with van der Waals surface area (Å²) < 4.78 is 45.3. The zero-order valence-electron chi connectivity index (χ0n) is 23.3. The maximum absolute atomic E-state index is 13.9. The molecule has 1 heterocycles. The number of benzene rings is 1. The van der Waals surface area contributed by atoms with Crippen molar-refractivity contribution in [2.75, 3.05) is 27.2 Å². The van der Waals surface area contributed by atoms with Crippen molar-refractivity contribution < 1.29 is 42.2 Å². The molecule has 1 aromatic rings. The number of hydrogen-bond acceptors (Lipinski definition) is 6. The summed E-state index contributed by atoms with van der Waals surface area (Å²) in [5.74, 6) is -5.71. The molecule has 1 aromatic carbocycles. The van der Waals surface area contributed by atoms with Crippen molar-refractivity contribution in [2.24, 2.45) is 10.9 Å². The quantitative estimate of drug-likeness (QED) is 0.311. The van der Waals surface area contributed by atoms with Gasteiger partial charge in [-0.15, -0.1) is 0 Å². The maximum Gasteiger partial charge on any atom is 0.468 e. The van der Waals surface area contributed by atoms with E-state index < -0.39 is 65.7 Å². The van der Waals surface area contributed by atoms with Gasteiger partial charge in [0.2, 0.25) is 11.8 Å². The van der Waals surface area contributed by atoms with Gasteiger partial charge in [-0.25, -0.2) is 4.99 Å². The lowest BCUT2D eigenvalue weighted by Gasteiger charge is -2.37. The Morgan fingerprint density at radius 1 is 1.12 bits per heavy atom. The number of likely N-dealkylation sites (N-methyl/N-ethyl adjacent to an activating group) is 1. The predicted molar refractivity (Wildman–Crippen MR) is 140 cm³/mol. The summed E-state index contributed by atoms with van der Waals surface area (Å²) in [5, 5.41) is 11.8. The SMILES string of the molecule is COC(=N[C@@](C)(Cc1ccccc1)C(=O)N(C)C(C(=O)N[C@@H](CC(=O)O)C(=O)N1CCCC1)C(C)C)C(F)(F)F. The van der Waals surface area contributed by atoms with Crippen LogP contribution in [0.2, 0.25) is 0 Å². The van der Waals surface area contributed by atoms with E-state index in [-0.39, 0.29) is 6.42 Å². The highest BCUT2D eigenvalue weighted by Crippen LogP contribution is 2.27. The summed E-state index contributed by atoms with van der Waals surface area (Å²) in [7, 11) is 2.06. The molecule has 13 heteroatoms. The van der Waals surface area contributed by atoms with E-state index in [9.17, 15) is 37.5 Å². The monoisotopic (exact) mass is 570 g/mol. The Hall–Kier alpha value is -3.64. The zero-order chi connectivity index (χ0) is 30.3. The number of ether oxygens (including phenoxy) is 1. The fourth-order valence-electron chi connectivity index (χ4n) is 4.83. The van der Waals surface area contributed by atoms with Crippen LogP contribution in [0, 0.1) is 5.92 Å². The molecule has 1 aliphatic rings. The standard InChI is InChI=1S/C27H37F3N4O6/c1-17(2)21(22(37)31-19(15-20(35)36)23(38)34-13-9-10-14-34)33(4)25(39)26(3,16-18-11-7-6-8-12-18)32-24(40-5)27(28,29)30/h6-8,11-12,17,19,21H,9-10,13-16H2,1-5H3,(H,31,37)(H,35,36)/t19-,21?,26-/m0/s1. The number of aliphatic imine (C=N–C) groups is 1. The van der Waals surface area contributed by atoms with Crippen molar-refractivity contribution in [1.82, 2.24) is 15.1 Å². The number of carbonyl (C=O) groups excluding carboxylic acids is 3. The van der Waals surface area contributed by atoms with E-state index in [1.807, 2.05) is 0 Å². The van der Waals surface area contributed by atoms with Crippen LogP contribution in [0.1, 0.15) is 45.6 Å². The minimum atomic E-state index is -4.97. The number of rotatable bonds is 11. The number of aliphatic carboxylic acids is 1. The van der Waals surface area contributed by atoms with Crippen molar-refractivity contribution in [2.45, 2.75) is 70.3 Å². The molecule has 3 atom stereocenters. The summed E-state index contributed by atoms with van der Waals surface area (Å²) >= 11 is 0. The third-order valence-electron chi connectivity index (χ3n) is 6.68. The zero-order valence-corrected chi connectivity index (χ0v) is 23.3. The number of carboxylic acid groups (broad SMARTS) is 1. The molecule has 10 nitrogen and oxygen atoms in total. The van der Waals surface area contributed by atoms with Crippen LogP contribution in [0.3, 0.4) is 0 Å². The van der Waals surface area contributed by atoms with E-state index in [0.717, 1.165) is 24.9 Å². The van der Waals surface area contributed by atoms with Crippen LogP contribution >= 0.6 is 0 Å². The number of carboxylic acids is 1. The van der Waals surface area contributed by atoms with Gasteiger partial charge in [0, 0.05) is 26.6 Å². The molecular weight excluding hydrogens is 533 g/mol. The van der Waals surface area contributed by atoms with Crippen LogP contribution in [0.4, 0.5) is 13.2 Å². The molecule has 0 radical (unpaired) electrons. The number of nitrogens with zero attached hydrogens (tertiary/aromatic N) is 3. The Morgan fingerprint density at radius 3 is 2.17 bits per heavy atom. The topological polar surface area (TPSA) is 129 Å². The van der Waals surface area contributed by atoms with Crippen LogP contribution in [0.5, 0.6) is 0 Å². The highest BCUT2D eigenvalue weighted by atomic mass is 19.4. The fraction of sp³-hybridized carbons (Fsp3) is 0.593. The van der Waals surface area contributed by atoms with Crippen molar-refractivity contribution >= 4 is 29.6 Å². The number of carbonyl (C=O) groups is 4. The van der Waals surface area contributed by atoms with Gasteiger partial charge in [0.15, 0.2) is 0 Å². The first-order chi connectivity index (χ1) is 18.6. The predicted octanol–water partition coefficient (Wildman–Crippen LogP) is 2.66. The molecule has 1 saturated heterocycles. The van der Waals surface area contributed by atoms with E-state index in [1.165, 1.54) is 18.9 Å². The molecule has 3 amide bonds. The van der Waals surface area contributed by atoms with E-state index in [0.29, 0.717) is 18.7 Å². The summed E-state index contributed by atoms with van der Waals surface area (Å²) in [4.78, 5) is 57.9. The molecule has 2 rings (SSSR count). The first kappa shape index (κ1) is 32.6. The van der Waals surface area contributed by atoms with Crippen molar-refractivity contribution in [3.05, 3.63) is 35.9 Å². The van der Waals surface area contributed by atoms with Crippen LogP contribution < -0.4 is 5.32 Å². The third kappa shape index (κ3) is 8.43. The van der Waals surface area contributed by atoms with Crippen molar-refractivity contribution in [1.29, 1.82) is 0 Å². The van der Waals surface area contributed by atoms with Gasteiger partial charge in [-0.1, -0.05) is 44.2 Å². The average Bonchev–Trinajstić information content (AvgIpc) is 3.40. The third-order valence-corrected chi connectivity index (χ3v) is 6.68. The fourth-order valence-corrected chi connectivity index (χ4v) is 4.83. The molecule has 1 fully saturated rings. The number of amides is 3. The van der Waals surface area contributed by atoms with Gasteiger partial charge in [-0.3, -0.25) is 19.2 Å². The molecule has 1 unspecified atom stereocenters. The second-order valence-electron chi connectivity index (χ2n) is 10.4. The summed E-state index contributed by atoms with van der Waals surface area (Å²) in [5.41, 5.74) is -1.51. The second kappa shape index (κ2) is 13.6. The first-order valence-corrected chi connectivity index (χ1v) is 12.9. The molecule has 0 bridgehead atoms. The highest BCUT2D eigenvalue weighted by Gasteiger charge is 2.46. The van der Waals surface area contributed by atoms with E-state index in [4.69, 9.17) is 0 Å². The lowest BCUT2D eigenvalue weighted by molar-refractivity contribution is -0.147. The van der Waals surface area contributed by atoms with Gasteiger partial charge in [0.05, 0.1) is 13.5 Å². The van der Waals surface area contributed by atoms with Crippen LogP contribution in [-0.2, 0) is 30.3 Å². The minimum Gasteiger partial charge on any atom is -0.481 e. The summed E-state index contributed by atoms with van der Waals surface area (Å²) in [6.07, 6.45) is -4.36. The van der Waals surface area contributed by atoms with Gasteiger partial charge >= 0.3 is 12.1 Å². The van der Waals surface area contributed by atoms with Gasteiger partial charge in [0.1, 0.15) is 17.6 Å². The summed E-state index contributed by atoms with van der Waals surface area (Å²) in [6, 6.07) is 5.69. The van der Waals surface area contributed by atoms with Gasteiger partial charge in [-0.2, -0.15) is 13.2 Å². The molecule has 0 saturated carbocycles. The van der Waals surface area contributed by atoms with Crippen LogP contribution in [-0.4, -0.2) is 95.5 Å². The molecule has 0 aromatic heterocycles. The van der Waals surface area contributed by atoms with Crippen LogP contribution in [0.15, 0.2) is 35.3 Å².